The van der Waals surface area contributed by atoms with Crippen LogP contribution in [0.3, 0.4) is 0 Å². The van der Waals surface area contributed by atoms with Crippen LogP contribution in [0.4, 0.5) is 11.5 Å². The van der Waals surface area contributed by atoms with Crippen molar-refractivity contribution in [2.75, 3.05) is 12.1 Å². The number of nitro groups is 2. The van der Waals surface area contributed by atoms with Crippen LogP contribution in [-0.4, -0.2) is 22.0 Å². The molecule has 0 unspecified atom stereocenters. The van der Waals surface area contributed by atoms with Crippen LogP contribution in [-0.2, 0) is 0 Å². The van der Waals surface area contributed by atoms with Gasteiger partial charge in [0.05, 0.1) is 17.5 Å². The van der Waals surface area contributed by atoms with E-state index in [9.17, 15) is 20.2 Å². The molecule has 8 heteroatoms. The summed E-state index contributed by atoms with van der Waals surface area (Å²) in [5.41, 5.74) is -0.0181. The average molecular weight is 212 g/mol. The lowest BCUT2D eigenvalue weighted by atomic mass is 10.2. The molecule has 15 heavy (non-hydrogen) atoms. The van der Waals surface area contributed by atoms with Crippen LogP contribution >= 0.6 is 0 Å². The number of hydrogen-bond donors (Lipinski definition) is 0. The predicted molar refractivity (Wildman–Crippen MR) is 51.0 cm³/mol. The van der Waals surface area contributed by atoms with Crippen molar-refractivity contribution in [3.05, 3.63) is 38.1 Å². The minimum absolute atomic E-state index is 0.0331. The lowest BCUT2D eigenvalue weighted by molar-refractivity contribution is -0.491. The van der Waals surface area contributed by atoms with Gasteiger partial charge in [0.25, 0.3) is 5.69 Å². The SMILES string of the molecule is Cc1c([N+](=O)[O-])ccnc1N(C)[N+](=O)[O-]. The molecule has 0 amide bonds. The summed E-state index contributed by atoms with van der Waals surface area (Å²) in [5, 5.41) is 21.0. The van der Waals surface area contributed by atoms with E-state index in [0.717, 1.165) is 0 Å². The van der Waals surface area contributed by atoms with Crippen molar-refractivity contribution in [2.24, 2.45) is 0 Å². The maximum absolute atomic E-state index is 10.6. The van der Waals surface area contributed by atoms with Gasteiger partial charge < -0.3 is 0 Å². The third-order valence-electron chi connectivity index (χ3n) is 1.90. The van der Waals surface area contributed by atoms with E-state index < -0.39 is 9.96 Å². The van der Waals surface area contributed by atoms with Gasteiger partial charge in [-0.2, -0.15) is 0 Å². The van der Waals surface area contributed by atoms with Crippen LogP contribution in [0.1, 0.15) is 5.56 Å². The Balaban J connectivity index is 3.26. The highest BCUT2D eigenvalue weighted by molar-refractivity contribution is 5.54. The number of hydrogen-bond acceptors (Lipinski definition) is 5. The second kappa shape index (κ2) is 3.86. The molecule has 0 radical (unpaired) electrons. The molecule has 8 nitrogen and oxygen atoms in total. The van der Waals surface area contributed by atoms with Gasteiger partial charge in [-0.15, -0.1) is 0 Å². The zero-order chi connectivity index (χ0) is 11.6. The highest BCUT2D eigenvalue weighted by Gasteiger charge is 2.21. The minimum Gasteiger partial charge on any atom is -0.258 e. The maximum atomic E-state index is 10.6. The van der Waals surface area contributed by atoms with Crippen molar-refractivity contribution in [3.63, 3.8) is 0 Å². The van der Waals surface area contributed by atoms with Crippen LogP contribution < -0.4 is 5.01 Å². The lowest BCUT2D eigenvalue weighted by Gasteiger charge is -2.09. The van der Waals surface area contributed by atoms with Crippen LogP contribution in [0.5, 0.6) is 0 Å². The highest BCUT2D eigenvalue weighted by Crippen LogP contribution is 2.24. The van der Waals surface area contributed by atoms with Crippen LogP contribution in [0.2, 0.25) is 0 Å². The number of nitrogens with zero attached hydrogens (tertiary/aromatic N) is 4. The summed E-state index contributed by atoms with van der Waals surface area (Å²) in [6.07, 6.45) is 1.17. The minimum atomic E-state index is -0.695. The molecule has 1 heterocycles. The first kappa shape index (κ1) is 10.8. The highest BCUT2D eigenvalue weighted by atomic mass is 16.7. The Hall–Kier alpha value is -2.25. The van der Waals surface area contributed by atoms with Crippen molar-refractivity contribution in [1.29, 1.82) is 0 Å². The largest absolute Gasteiger partial charge is 0.277 e. The average Bonchev–Trinajstić information content (AvgIpc) is 2.16. The smallest absolute Gasteiger partial charge is 0.258 e. The molecule has 0 aliphatic rings. The Kier molecular flexibility index (Phi) is 2.79. The van der Waals surface area contributed by atoms with Gasteiger partial charge in [-0.3, -0.25) is 10.1 Å². The summed E-state index contributed by atoms with van der Waals surface area (Å²) in [5.74, 6) is -0.0331. The number of anilines is 1. The number of hydrazine groups is 1. The van der Waals surface area contributed by atoms with Gasteiger partial charge in [0.2, 0.25) is 5.82 Å². The van der Waals surface area contributed by atoms with Crippen molar-refractivity contribution in [3.8, 4) is 0 Å². The van der Waals surface area contributed by atoms with Gasteiger partial charge in [0, 0.05) is 12.3 Å². The lowest BCUT2D eigenvalue weighted by Crippen LogP contribution is -2.26. The van der Waals surface area contributed by atoms with E-state index in [4.69, 9.17) is 0 Å². The summed E-state index contributed by atoms with van der Waals surface area (Å²) in [4.78, 5) is 24.1. The standard InChI is InChI=1S/C7H8N4O4/c1-5-6(10(12)13)3-4-8-7(5)9(2)11(14)15/h3-4H,1-2H3. The fraction of sp³-hybridized carbons (Fsp3) is 0.286. The van der Waals surface area contributed by atoms with Crippen molar-refractivity contribution in [2.45, 2.75) is 6.92 Å². The third kappa shape index (κ3) is 1.98. The van der Waals surface area contributed by atoms with E-state index >= 15 is 0 Å². The molecular weight excluding hydrogens is 204 g/mol. The van der Waals surface area contributed by atoms with Gasteiger partial charge in [0.1, 0.15) is 0 Å². The predicted octanol–water partition coefficient (Wildman–Crippen LogP) is 0.926. The van der Waals surface area contributed by atoms with Crippen molar-refractivity contribution < 1.29 is 9.96 Å². The third-order valence-corrected chi connectivity index (χ3v) is 1.90. The molecule has 0 N–H and O–H groups in total. The first-order valence-corrected chi connectivity index (χ1v) is 3.93. The molecule has 0 aromatic carbocycles. The van der Waals surface area contributed by atoms with Crippen molar-refractivity contribution in [1.82, 2.24) is 4.98 Å². The Morgan fingerprint density at radius 2 is 2.00 bits per heavy atom. The summed E-state index contributed by atoms with van der Waals surface area (Å²) >= 11 is 0. The molecule has 0 saturated carbocycles. The molecule has 0 bridgehead atoms. The molecule has 1 rings (SSSR count). The number of rotatable bonds is 3. The molecule has 0 aliphatic heterocycles. The first-order chi connectivity index (χ1) is 6.95. The van der Waals surface area contributed by atoms with Crippen LogP contribution in [0, 0.1) is 27.2 Å². The van der Waals surface area contributed by atoms with E-state index in [1.165, 1.54) is 26.2 Å². The second-order valence-electron chi connectivity index (χ2n) is 2.80. The van der Waals surface area contributed by atoms with E-state index in [1.807, 2.05) is 0 Å². The van der Waals surface area contributed by atoms with E-state index in [1.54, 1.807) is 0 Å². The topological polar surface area (TPSA) is 102 Å². The van der Waals surface area contributed by atoms with E-state index in [-0.39, 0.29) is 17.1 Å². The van der Waals surface area contributed by atoms with Gasteiger partial charge in [-0.25, -0.2) is 15.1 Å². The first-order valence-electron chi connectivity index (χ1n) is 3.93. The maximum Gasteiger partial charge on any atom is 0.277 e. The number of pyridine rings is 1. The Morgan fingerprint density at radius 1 is 1.40 bits per heavy atom. The van der Waals surface area contributed by atoms with Gasteiger partial charge >= 0.3 is 0 Å². The van der Waals surface area contributed by atoms with Crippen molar-refractivity contribution >= 4 is 11.5 Å². The van der Waals surface area contributed by atoms with Gasteiger partial charge in [0.15, 0.2) is 5.03 Å². The molecule has 1 aromatic heterocycles. The van der Waals surface area contributed by atoms with Crippen LogP contribution in [0.15, 0.2) is 12.3 Å². The Labute approximate surface area is 84.4 Å². The molecule has 80 valence electrons. The molecule has 0 spiro atoms. The summed E-state index contributed by atoms with van der Waals surface area (Å²) < 4.78 is 0. The Bertz CT molecular complexity index is 419. The second-order valence-corrected chi connectivity index (χ2v) is 2.80. The monoisotopic (exact) mass is 212 g/mol. The fourth-order valence-electron chi connectivity index (χ4n) is 1.12. The Morgan fingerprint density at radius 3 is 2.47 bits per heavy atom. The molecule has 1 aromatic rings. The molecule has 0 aliphatic carbocycles. The zero-order valence-corrected chi connectivity index (χ0v) is 8.08. The molecule has 0 fully saturated rings. The van der Waals surface area contributed by atoms with Crippen LogP contribution in [0.25, 0.3) is 0 Å². The fourth-order valence-corrected chi connectivity index (χ4v) is 1.12. The van der Waals surface area contributed by atoms with E-state index in [0.29, 0.717) is 5.01 Å². The normalized spacial score (nSPS) is 9.73. The van der Waals surface area contributed by atoms with Gasteiger partial charge in [-0.05, 0) is 6.92 Å². The molecular formula is C7H8N4O4. The zero-order valence-electron chi connectivity index (χ0n) is 8.08. The molecule has 0 atom stereocenters. The summed E-state index contributed by atoms with van der Waals surface area (Å²) in [6.45, 7) is 1.42. The molecule has 0 saturated heterocycles. The van der Waals surface area contributed by atoms with Gasteiger partial charge in [-0.1, -0.05) is 5.01 Å². The van der Waals surface area contributed by atoms with E-state index in [2.05, 4.69) is 4.98 Å². The quantitative estimate of drug-likeness (QED) is 0.545. The summed E-state index contributed by atoms with van der Waals surface area (Å²) in [6, 6.07) is 1.20. The summed E-state index contributed by atoms with van der Waals surface area (Å²) in [7, 11) is 1.18. The number of aromatic nitrogens is 1.